The van der Waals surface area contributed by atoms with Gasteiger partial charge in [-0.15, -0.1) is 0 Å². The molecular formula is C20H19Cl2N5O3S. The first kappa shape index (κ1) is 22.9. The third-order valence-electron chi connectivity index (χ3n) is 4.78. The second kappa shape index (κ2) is 9.17. The summed E-state index contributed by atoms with van der Waals surface area (Å²) in [5, 5.41) is 7.80. The minimum absolute atomic E-state index is 0. The van der Waals surface area contributed by atoms with Crippen LogP contribution in [0.4, 0.5) is 11.4 Å². The highest BCUT2D eigenvalue weighted by molar-refractivity contribution is 7.59. The molecule has 0 aliphatic carbocycles. The number of fused-ring (bicyclic) bond motifs is 1. The van der Waals surface area contributed by atoms with E-state index in [9.17, 15) is 9.59 Å². The van der Waals surface area contributed by atoms with Gasteiger partial charge in [-0.3, -0.25) is 19.3 Å². The van der Waals surface area contributed by atoms with E-state index in [1.807, 2.05) is 6.92 Å². The van der Waals surface area contributed by atoms with Crippen LogP contribution in [0.1, 0.15) is 33.8 Å². The number of rotatable bonds is 4. The number of pyridine rings is 1. The molecule has 0 unspecified atom stereocenters. The van der Waals surface area contributed by atoms with Crippen molar-refractivity contribution in [3.63, 3.8) is 0 Å². The molecule has 1 aromatic carbocycles. The predicted octanol–water partition coefficient (Wildman–Crippen LogP) is 4.18. The molecule has 0 fully saturated rings. The Morgan fingerprint density at radius 3 is 2.68 bits per heavy atom. The molecule has 0 bridgehead atoms. The zero-order chi connectivity index (χ0) is 21.4. The SMILES string of the molecule is COc1cncc(C(=O)Nc2cnn3c2C(=O)N(c2ccc(Cl)c(Cl)c2)C[C@@H]3C)c1.S. The van der Waals surface area contributed by atoms with Crippen LogP contribution >= 0.6 is 36.7 Å². The number of aromatic nitrogens is 3. The topological polar surface area (TPSA) is 89.3 Å². The summed E-state index contributed by atoms with van der Waals surface area (Å²) in [5.74, 6) is -0.275. The number of nitrogens with one attached hydrogen (secondary N) is 1. The van der Waals surface area contributed by atoms with Crippen LogP contribution < -0.4 is 15.0 Å². The predicted molar refractivity (Wildman–Crippen MR) is 124 cm³/mol. The van der Waals surface area contributed by atoms with Crippen LogP contribution in [-0.2, 0) is 0 Å². The van der Waals surface area contributed by atoms with Gasteiger partial charge in [0.15, 0.2) is 5.69 Å². The molecule has 0 saturated heterocycles. The molecule has 1 aliphatic heterocycles. The molecule has 0 radical (unpaired) electrons. The maximum Gasteiger partial charge on any atom is 0.278 e. The van der Waals surface area contributed by atoms with Gasteiger partial charge in [0.2, 0.25) is 0 Å². The molecule has 1 atom stereocenters. The molecule has 1 aliphatic rings. The Hall–Kier alpha value is -2.75. The summed E-state index contributed by atoms with van der Waals surface area (Å²) in [5.41, 5.74) is 1.50. The molecule has 0 saturated carbocycles. The van der Waals surface area contributed by atoms with E-state index in [1.165, 1.54) is 25.7 Å². The van der Waals surface area contributed by atoms with E-state index >= 15 is 0 Å². The molecule has 162 valence electrons. The molecule has 3 aromatic rings. The zero-order valence-corrected chi connectivity index (χ0v) is 19.1. The molecule has 0 spiro atoms. The standard InChI is InChI=1S/C20H17Cl2N5O3.H2S/c1-11-10-26(13-3-4-15(21)16(22)6-13)20(29)18-17(9-24-27(11)18)25-19(28)12-5-14(30-2)8-23-7-12;/h3-9,11H,10H2,1-2H3,(H,25,28);1H2/t11-;/m0./s1. The highest BCUT2D eigenvalue weighted by Gasteiger charge is 2.34. The Morgan fingerprint density at radius 1 is 1.19 bits per heavy atom. The third-order valence-corrected chi connectivity index (χ3v) is 5.52. The highest BCUT2D eigenvalue weighted by atomic mass is 35.5. The average molecular weight is 480 g/mol. The van der Waals surface area contributed by atoms with E-state index in [2.05, 4.69) is 15.4 Å². The molecule has 1 N–H and O–H groups in total. The number of carbonyl (C=O) groups is 2. The van der Waals surface area contributed by atoms with E-state index in [0.29, 0.717) is 39.3 Å². The normalized spacial score (nSPS) is 15.2. The van der Waals surface area contributed by atoms with Gasteiger partial charge in [0.1, 0.15) is 5.75 Å². The van der Waals surface area contributed by atoms with Gasteiger partial charge >= 0.3 is 0 Å². The summed E-state index contributed by atoms with van der Waals surface area (Å²) >= 11 is 12.1. The largest absolute Gasteiger partial charge is 0.495 e. The van der Waals surface area contributed by atoms with Crippen LogP contribution in [0.25, 0.3) is 0 Å². The first-order valence-electron chi connectivity index (χ1n) is 9.04. The first-order valence-corrected chi connectivity index (χ1v) is 9.79. The summed E-state index contributed by atoms with van der Waals surface area (Å²) in [6.45, 7) is 2.34. The van der Waals surface area contributed by atoms with E-state index in [0.717, 1.165) is 0 Å². The summed E-state index contributed by atoms with van der Waals surface area (Å²) in [6, 6.07) is 6.45. The number of amides is 2. The highest BCUT2D eigenvalue weighted by Crippen LogP contribution is 2.33. The van der Waals surface area contributed by atoms with Crippen LogP contribution in [0.2, 0.25) is 10.0 Å². The van der Waals surface area contributed by atoms with Crippen molar-refractivity contribution in [1.82, 2.24) is 14.8 Å². The number of benzene rings is 1. The molecular weight excluding hydrogens is 461 g/mol. The van der Waals surface area contributed by atoms with Crippen molar-refractivity contribution in [2.24, 2.45) is 0 Å². The molecule has 4 rings (SSSR count). The maximum atomic E-state index is 13.3. The van der Waals surface area contributed by atoms with Crippen molar-refractivity contribution in [3.05, 3.63) is 64.2 Å². The van der Waals surface area contributed by atoms with Gasteiger partial charge < -0.3 is 15.0 Å². The fraction of sp³-hybridized carbons (Fsp3) is 0.200. The average Bonchev–Trinajstić information content (AvgIpc) is 3.17. The maximum absolute atomic E-state index is 13.3. The third kappa shape index (κ3) is 4.34. The van der Waals surface area contributed by atoms with Crippen LogP contribution in [0.15, 0.2) is 42.9 Å². The van der Waals surface area contributed by atoms with Crippen molar-refractivity contribution in [1.29, 1.82) is 0 Å². The van der Waals surface area contributed by atoms with E-state index < -0.39 is 5.91 Å². The number of ether oxygens (including phenoxy) is 1. The van der Waals surface area contributed by atoms with E-state index in [1.54, 1.807) is 33.8 Å². The Kier molecular flexibility index (Phi) is 6.78. The second-order valence-electron chi connectivity index (χ2n) is 6.78. The summed E-state index contributed by atoms with van der Waals surface area (Å²) in [4.78, 5) is 31.5. The van der Waals surface area contributed by atoms with Gasteiger partial charge in [0.25, 0.3) is 11.8 Å². The lowest BCUT2D eigenvalue weighted by Crippen LogP contribution is -2.43. The van der Waals surface area contributed by atoms with Crippen LogP contribution in [0.3, 0.4) is 0 Å². The first-order chi connectivity index (χ1) is 14.4. The zero-order valence-electron chi connectivity index (χ0n) is 16.6. The van der Waals surface area contributed by atoms with Gasteiger partial charge in [-0.25, -0.2) is 0 Å². The summed E-state index contributed by atoms with van der Waals surface area (Å²) in [6.07, 6.45) is 4.38. The minimum Gasteiger partial charge on any atom is -0.495 e. The van der Waals surface area contributed by atoms with Crippen molar-refractivity contribution >= 4 is 59.9 Å². The van der Waals surface area contributed by atoms with Crippen molar-refractivity contribution in [2.45, 2.75) is 13.0 Å². The quantitative estimate of drug-likeness (QED) is 0.605. The smallest absolute Gasteiger partial charge is 0.278 e. The van der Waals surface area contributed by atoms with Crippen molar-refractivity contribution < 1.29 is 14.3 Å². The molecule has 2 amide bonds. The monoisotopic (exact) mass is 479 g/mol. The molecule has 8 nitrogen and oxygen atoms in total. The van der Waals surface area contributed by atoms with E-state index in [4.69, 9.17) is 27.9 Å². The fourth-order valence-electron chi connectivity index (χ4n) is 3.28. The number of halogens is 2. The van der Waals surface area contributed by atoms with Gasteiger partial charge in [0.05, 0.1) is 46.8 Å². The lowest BCUT2D eigenvalue weighted by molar-refractivity contribution is 0.0954. The molecule has 11 heteroatoms. The van der Waals surface area contributed by atoms with Gasteiger partial charge in [-0.2, -0.15) is 18.6 Å². The number of carbonyl (C=O) groups excluding carboxylic acids is 2. The van der Waals surface area contributed by atoms with Crippen LogP contribution in [0.5, 0.6) is 5.75 Å². The fourth-order valence-corrected chi connectivity index (χ4v) is 3.57. The van der Waals surface area contributed by atoms with Crippen LogP contribution in [0, 0.1) is 0 Å². The van der Waals surface area contributed by atoms with E-state index in [-0.39, 0.29) is 31.1 Å². The van der Waals surface area contributed by atoms with Gasteiger partial charge in [0, 0.05) is 18.4 Å². The summed E-state index contributed by atoms with van der Waals surface area (Å²) < 4.78 is 6.71. The molecule has 31 heavy (non-hydrogen) atoms. The van der Waals surface area contributed by atoms with Gasteiger partial charge in [-0.05, 0) is 31.2 Å². The lowest BCUT2D eigenvalue weighted by atomic mass is 10.1. The second-order valence-corrected chi connectivity index (χ2v) is 7.60. The summed E-state index contributed by atoms with van der Waals surface area (Å²) in [7, 11) is 1.49. The molecule has 2 aromatic heterocycles. The van der Waals surface area contributed by atoms with Crippen molar-refractivity contribution in [3.8, 4) is 5.75 Å². The number of hydrogen-bond donors (Lipinski definition) is 1. The number of methoxy groups -OCH3 is 1. The number of hydrogen-bond acceptors (Lipinski definition) is 5. The molecule has 3 heterocycles. The van der Waals surface area contributed by atoms with Crippen molar-refractivity contribution in [2.75, 3.05) is 23.9 Å². The lowest BCUT2D eigenvalue weighted by Gasteiger charge is -2.32. The Bertz CT molecular complexity index is 1150. The van der Waals surface area contributed by atoms with Gasteiger partial charge in [-0.1, -0.05) is 23.2 Å². The Balaban J connectivity index is 0.00000272. The number of anilines is 2. The minimum atomic E-state index is -0.427. The number of nitrogens with zero attached hydrogens (tertiary/aromatic N) is 4. The Labute approximate surface area is 195 Å². The van der Waals surface area contributed by atoms with Crippen LogP contribution in [-0.4, -0.2) is 40.2 Å². The Morgan fingerprint density at radius 2 is 1.97 bits per heavy atom.